The molecule has 0 fully saturated rings. The molecule has 110 valence electrons. The maximum absolute atomic E-state index is 13.7. The van der Waals surface area contributed by atoms with Crippen molar-refractivity contribution in [3.8, 4) is 5.75 Å². The Bertz CT molecular complexity index is 720. The molecule has 0 radical (unpaired) electrons. The lowest BCUT2D eigenvalue weighted by Gasteiger charge is -2.19. The lowest BCUT2D eigenvalue weighted by molar-refractivity contribution is 0.0987. The first-order chi connectivity index (χ1) is 9.84. The molecule has 0 saturated carbocycles. The smallest absolute Gasteiger partial charge is 0.261 e. The summed E-state index contributed by atoms with van der Waals surface area (Å²) >= 11 is 0. The van der Waals surface area contributed by atoms with E-state index in [1.165, 1.54) is 19.2 Å². The molecule has 0 saturated heterocycles. The quantitative estimate of drug-likeness (QED) is 0.661. The van der Waals surface area contributed by atoms with Crippen LogP contribution in [0.4, 0.5) is 24.5 Å². The molecule has 0 aliphatic heterocycles. The van der Waals surface area contributed by atoms with E-state index in [1.54, 1.807) is 12.1 Å². The average molecular weight is 296 g/mol. The number of amides is 1. The number of phenols is 1. The Hall–Kier alpha value is -2.70. The molecule has 3 N–H and O–H groups in total. The van der Waals surface area contributed by atoms with Crippen molar-refractivity contribution in [2.24, 2.45) is 0 Å². The first-order valence-corrected chi connectivity index (χ1v) is 5.83. The summed E-state index contributed by atoms with van der Waals surface area (Å²) in [6, 6.07) is 6.67. The molecule has 0 aromatic heterocycles. The molecule has 21 heavy (non-hydrogen) atoms. The summed E-state index contributed by atoms with van der Waals surface area (Å²) in [4.78, 5) is 13.1. The van der Waals surface area contributed by atoms with E-state index in [2.05, 4.69) is 0 Å². The molecule has 4 nitrogen and oxygen atoms in total. The van der Waals surface area contributed by atoms with Gasteiger partial charge in [-0.05, 0) is 18.2 Å². The van der Waals surface area contributed by atoms with E-state index < -0.39 is 34.7 Å². The lowest BCUT2D eigenvalue weighted by atomic mass is 10.1. The third-order valence-electron chi connectivity index (χ3n) is 2.97. The Kier molecular flexibility index (Phi) is 3.75. The van der Waals surface area contributed by atoms with E-state index in [9.17, 15) is 18.0 Å². The summed E-state index contributed by atoms with van der Waals surface area (Å²) in [5, 5.41) is 9.14. The maximum atomic E-state index is 13.7. The molecular formula is C14H11F3N2O2. The van der Waals surface area contributed by atoms with Gasteiger partial charge in [-0.1, -0.05) is 12.1 Å². The summed E-state index contributed by atoms with van der Waals surface area (Å²) in [6.07, 6.45) is 0. The van der Waals surface area contributed by atoms with E-state index in [0.717, 1.165) is 4.90 Å². The van der Waals surface area contributed by atoms with Crippen LogP contribution in [0.1, 0.15) is 10.4 Å². The maximum Gasteiger partial charge on any atom is 0.261 e. The molecular weight excluding hydrogens is 285 g/mol. The van der Waals surface area contributed by atoms with Crippen molar-refractivity contribution in [1.82, 2.24) is 0 Å². The minimum atomic E-state index is -1.74. The number of anilines is 2. The number of nitrogens with zero attached hydrogens (tertiary/aromatic N) is 1. The van der Waals surface area contributed by atoms with Crippen molar-refractivity contribution in [3.63, 3.8) is 0 Å². The standard InChI is InChI=1S/C14H11F3N2O2/c1-19(10-5-3-2-4-9(10)18)14(21)7-6-8(15)12(17)13(20)11(7)16/h2-6,20H,18H2,1H3. The van der Waals surface area contributed by atoms with E-state index in [0.29, 0.717) is 6.07 Å². The number of carbonyl (C=O) groups is 1. The fourth-order valence-corrected chi connectivity index (χ4v) is 1.83. The highest BCUT2D eigenvalue weighted by atomic mass is 19.2. The van der Waals surface area contributed by atoms with Crippen LogP contribution in [0.15, 0.2) is 30.3 Å². The van der Waals surface area contributed by atoms with E-state index >= 15 is 0 Å². The first-order valence-electron chi connectivity index (χ1n) is 5.83. The van der Waals surface area contributed by atoms with Crippen LogP contribution in [-0.2, 0) is 0 Å². The Labute approximate surface area is 118 Å². The highest BCUT2D eigenvalue weighted by Gasteiger charge is 2.25. The van der Waals surface area contributed by atoms with E-state index in [1.807, 2.05) is 0 Å². The van der Waals surface area contributed by atoms with Crippen molar-refractivity contribution >= 4 is 17.3 Å². The van der Waals surface area contributed by atoms with Crippen molar-refractivity contribution in [1.29, 1.82) is 0 Å². The summed E-state index contributed by atoms with van der Waals surface area (Å²) in [5.74, 6) is -7.30. The molecule has 0 unspecified atom stereocenters. The van der Waals surface area contributed by atoms with Gasteiger partial charge in [0.25, 0.3) is 5.91 Å². The average Bonchev–Trinajstić information content (AvgIpc) is 2.48. The number of halogens is 3. The van der Waals surface area contributed by atoms with Gasteiger partial charge in [-0.2, -0.15) is 4.39 Å². The number of carbonyl (C=O) groups excluding carboxylic acids is 1. The zero-order valence-corrected chi connectivity index (χ0v) is 10.9. The molecule has 7 heteroatoms. The van der Waals surface area contributed by atoms with Gasteiger partial charge in [0.2, 0.25) is 5.82 Å². The molecule has 0 bridgehead atoms. The Balaban J connectivity index is 2.48. The van der Waals surface area contributed by atoms with Crippen LogP contribution in [-0.4, -0.2) is 18.1 Å². The fraction of sp³-hybridized carbons (Fsp3) is 0.0714. The van der Waals surface area contributed by atoms with Crippen molar-refractivity contribution in [3.05, 3.63) is 53.3 Å². The summed E-state index contributed by atoms with van der Waals surface area (Å²) < 4.78 is 40.0. The van der Waals surface area contributed by atoms with Crippen LogP contribution in [0.25, 0.3) is 0 Å². The minimum Gasteiger partial charge on any atom is -0.503 e. The highest BCUT2D eigenvalue weighted by Crippen LogP contribution is 2.29. The van der Waals surface area contributed by atoms with Gasteiger partial charge in [0.1, 0.15) is 0 Å². The van der Waals surface area contributed by atoms with Crippen LogP contribution in [0.5, 0.6) is 5.75 Å². The third kappa shape index (κ3) is 2.49. The second kappa shape index (κ2) is 5.35. The number of hydrogen-bond acceptors (Lipinski definition) is 3. The van der Waals surface area contributed by atoms with Gasteiger partial charge >= 0.3 is 0 Å². The zero-order valence-electron chi connectivity index (χ0n) is 10.9. The van der Waals surface area contributed by atoms with Crippen LogP contribution in [0, 0.1) is 17.5 Å². The van der Waals surface area contributed by atoms with Gasteiger partial charge in [-0.25, -0.2) is 8.78 Å². The van der Waals surface area contributed by atoms with E-state index in [4.69, 9.17) is 10.8 Å². The zero-order chi connectivity index (χ0) is 15.7. The van der Waals surface area contributed by atoms with Gasteiger partial charge < -0.3 is 15.7 Å². The molecule has 1 amide bonds. The number of benzene rings is 2. The monoisotopic (exact) mass is 296 g/mol. The molecule has 2 aromatic carbocycles. The number of phenolic OH excluding ortho intramolecular Hbond substituents is 1. The summed E-state index contributed by atoms with van der Waals surface area (Å²) in [7, 11) is 1.30. The van der Waals surface area contributed by atoms with Crippen LogP contribution >= 0.6 is 0 Å². The number of nitrogen functional groups attached to an aromatic ring is 1. The van der Waals surface area contributed by atoms with E-state index in [-0.39, 0.29) is 11.4 Å². The van der Waals surface area contributed by atoms with Crippen molar-refractivity contribution in [2.75, 3.05) is 17.7 Å². The molecule has 0 spiro atoms. The Morgan fingerprint density at radius 2 is 1.81 bits per heavy atom. The number of aromatic hydroxyl groups is 1. The van der Waals surface area contributed by atoms with Gasteiger partial charge in [-0.3, -0.25) is 4.79 Å². The second-order valence-corrected chi connectivity index (χ2v) is 4.31. The number of para-hydroxylation sites is 2. The van der Waals surface area contributed by atoms with Crippen LogP contribution in [0.2, 0.25) is 0 Å². The number of nitrogens with two attached hydrogens (primary N) is 1. The van der Waals surface area contributed by atoms with Crippen molar-refractivity contribution < 1.29 is 23.1 Å². The molecule has 0 heterocycles. The third-order valence-corrected chi connectivity index (χ3v) is 2.97. The highest BCUT2D eigenvalue weighted by molar-refractivity contribution is 6.07. The molecule has 0 aliphatic rings. The van der Waals surface area contributed by atoms with Gasteiger partial charge in [0.05, 0.1) is 16.9 Å². The Morgan fingerprint density at radius 3 is 2.43 bits per heavy atom. The SMILES string of the molecule is CN(C(=O)c1cc(F)c(F)c(O)c1F)c1ccccc1N. The largest absolute Gasteiger partial charge is 0.503 e. The fourth-order valence-electron chi connectivity index (χ4n) is 1.83. The Morgan fingerprint density at radius 1 is 1.19 bits per heavy atom. The van der Waals surface area contributed by atoms with Crippen LogP contribution in [0.3, 0.4) is 0 Å². The molecule has 2 rings (SSSR count). The molecule has 2 aromatic rings. The topological polar surface area (TPSA) is 66.6 Å². The lowest BCUT2D eigenvalue weighted by Crippen LogP contribution is -2.28. The van der Waals surface area contributed by atoms with Crippen molar-refractivity contribution in [2.45, 2.75) is 0 Å². The minimum absolute atomic E-state index is 0.251. The number of rotatable bonds is 2. The van der Waals surface area contributed by atoms with Gasteiger partial charge in [-0.15, -0.1) is 0 Å². The second-order valence-electron chi connectivity index (χ2n) is 4.31. The van der Waals surface area contributed by atoms with Gasteiger partial charge in [0, 0.05) is 7.05 Å². The molecule has 0 atom stereocenters. The molecule has 0 aliphatic carbocycles. The predicted molar refractivity (Wildman–Crippen MR) is 71.6 cm³/mol. The van der Waals surface area contributed by atoms with Gasteiger partial charge in [0.15, 0.2) is 17.4 Å². The summed E-state index contributed by atoms with van der Waals surface area (Å²) in [5.41, 5.74) is 5.41. The number of hydrogen-bond donors (Lipinski definition) is 2. The predicted octanol–water partition coefficient (Wildman–Crippen LogP) is 2.67. The first kappa shape index (κ1) is 14.7. The summed E-state index contributed by atoms with van der Waals surface area (Å²) in [6.45, 7) is 0. The van der Waals surface area contributed by atoms with Crippen LogP contribution < -0.4 is 10.6 Å². The normalized spacial score (nSPS) is 10.5.